The van der Waals surface area contributed by atoms with Gasteiger partial charge in [-0.05, 0) is 6.42 Å². The molecule has 0 aliphatic rings. The van der Waals surface area contributed by atoms with Gasteiger partial charge in [-0.2, -0.15) is 4.98 Å². The molecule has 0 radical (unpaired) electrons. The molecule has 2 aromatic rings. The van der Waals surface area contributed by atoms with Gasteiger partial charge in [0, 0.05) is 12.1 Å². The lowest BCUT2D eigenvalue weighted by Crippen LogP contribution is -2.07. The van der Waals surface area contributed by atoms with E-state index in [0.717, 1.165) is 18.8 Å². The number of nitrogens with zero attached hydrogens (tertiary/aromatic N) is 2. The van der Waals surface area contributed by atoms with Crippen molar-refractivity contribution in [2.24, 2.45) is 0 Å². The average molecular weight is 298 g/mol. The Morgan fingerprint density at radius 1 is 1.24 bits per heavy atom. The molecule has 21 heavy (non-hydrogen) atoms. The summed E-state index contributed by atoms with van der Waals surface area (Å²) in [6, 6.07) is 1.24. The number of halogens is 3. The van der Waals surface area contributed by atoms with Crippen LogP contribution in [-0.2, 0) is 0 Å². The van der Waals surface area contributed by atoms with Gasteiger partial charge in [0.05, 0.1) is 12.3 Å². The molecule has 8 heteroatoms. The topological polar surface area (TPSA) is 73.1 Å². The normalized spacial score (nSPS) is 10.5. The summed E-state index contributed by atoms with van der Waals surface area (Å²) >= 11 is 0. The maximum absolute atomic E-state index is 13.6. The predicted octanol–water partition coefficient (Wildman–Crippen LogP) is 3.01. The van der Waals surface area contributed by atoms with Crippen molar-refractivity contribution in [2.45, 2.75) is 13.3 Å². The highest BCUT2D eigenvalue weighted by Crippen LogP contribution is 2.29. The molecule has 0 aliphatic heterocycles. The molecule has 0 saturated carbocycles. The summed E-state index contributed by atoms with van der Waals surface area (Å²) in [5.74, 6) is -3.35. The van der Waals surface area contributed by atoms with E-state index in [4.69, 9.17) is 10.5 Å². The first-order valence-electron chi connectivity index (χ1n) is 6.17. The highest BCUT2D eigenvalue weighted by atomic mass is 19.2. The third kappa shape index (κ3) is 3.33. The van der Waals surface area contributed by atoms with Crippen LogP contribution in [0.3, 0.4) is 0 Å². The Labute approximate surface area is 119 Å². The van der Waals surface area contributed by atoms with Crippen molar-refractivity contribution in [2.75, 3.05) is 17.7 Å². The Kier molecular flexibility index (Phi) is 4.46. The van der Waals surface area contributed by atoms with Crippen molar-refractivity contribution in [3.05, 3.63) is 35.9 Å². The minimum Gasteiger partial charge on any atom is -0.476 e. The van der Waals surface area contributed by atoms with Gasteiger partial charge in [-0.25, -0.2) is 18.2 Å². The van der Waals surface area contributed by atoms with Crippen LogP contribution in [0.5, 0.6) is 5.88 Å². The minimum atomic E-state index is -1.31. The predicted molar refractivity (Wildman–Crippen MR) is 71.8 cm³/mol. The number of hydrogen-bond acceptors (Lipinski definition) is 5. The highest BCUT2D eigenvalue weighted by molar-refractivity contribution is 5.72. The molecule has 1 aromatic heterocycles. The number of anilines is 3. The average Bonchev–Trinajstić information content (AvgIpc) is 2.45. The van der Waals surface area contributed by atoms with Crippen molar-refractivity contribution in [1.29, 1.82) is 0 Å². The molecule has 0 unspecified atom stereocenters. The molecule has 5 nitrogen and oxygen atoms in total. The summed E-state index contributed by atoms with van der Waals surface area (Å²) in [4.78, 5) is 7.64. The van der Waals surface area contributed by atoms with E-state index in [-0.39, 0.29) is 17.4 Å². The van der Waals surface area contributed by atoms with E-state index < -0.39 is 23.1 Å². The number of benzene rings is 1. The second kappa shape index (κ2) is 6.29. The van der Waals surface area contributed by atoms with E-state index in [2.05, 4.69) is 15.3 Å². The Bertz CT molecular complexity index is 652. The van der Waals surface area contributed by atoms with Crippen LogP contribution in [0.4, 0.5) is 30.4 Å². The zero-order chi connectivity index (χ0) is 15.4. The van der Waals surface area contributed by atoms with Crippen molar-refractivity contribution in [3.63, 3.8) is 0 Å². The molecule has 0 aliphatic carbocycles. The monoisotopic (exact) mass is 298 g/mol. The van der Waals surface area contributed by atoms with E-state index in [0.29, 0.717) is 12.7 Å². The second-order valence-corrected chi connectivity index (χ2v) is 4.16. The molecular formula is C13H13F3N4O. The lowest BCUT2D eigenvalue weighted by Gasteiger charge is -2.12. The Morgan fingerprint density at radius 2 is 2.00 bits per heavy atom. The number of nitrogen functional groups attached to an aromatic ring is 1. The van der Waals surface area contributed by atoms with E-state index in [1.807, 2.05) is 6.92 Å². The second-order valence-electron chi connectivity index (χ2n) is 4.16. The molecule has 0 fully saturated rings. The van der Waals surface area contributed by atoms with E-state index >= 15 is 0 Å². The van der Waals surface area contributed by atoms with Gasteiger partial charge in [-0.3, -0.25) is 0 Å². The Morgan fingerprint density at radius 3 is 2.71 bits per heavy atom. The van der Waals surface area contributed by atoms with Crippen LogP contribution in [0.15, 0.2) is 18.5 Å². The Balaban J connectivity index is 2.32. The maximum Gasteiger partial charge on any atom is 0.242 e. The summed E-state index contributed by atoms with van der Waals surface area (Å²) < 4.78 is 45.1. The van der Waals surface area contributed by atoms with Gasteiger partial charge >= 0.3 is 0 Å². The van der Waals surface area contributed by atoms with Crippen molar-refractivity contribution in [1.82, 2.24) is 9.97 Å². The van der Waals surface area contributed by atoms with Crippen molar-refractivity contribution < 1.29 is 17.9 Å². The molecular weight excluding hydrogens is 285 g/mol. The van der Waals surface area contributed by atoms with Crippen LogP contribution in [-0.4, -0.2) is 16.6 Å². The summed E-state index contributed by atoms with van der Waals surface area (Å²) in [6.45, 7) is 2.30. The van der Waals surface area contributed by atoms with Crippen LogP contribution in [0.2, 0.25) is 0 Å². The molecule has 1 heterocycles. The van der Waals surface area contributed by atoms with Gasteiger partial charge < -0.3 is 15.8 Å². The minimum absolute atomic E-state index is 0.00000283. The fourth-order valence-electron chi connectivity index (χ4n) is 1.57. The van der Waals surface area contributed by atoms with E-state index in [1.165, 1.54) is 0 Å². The lowest BCUT2D eigenvalue weighted by molar-refractivity contribution is 0.307. The van der Waals surface area contributed by atoms with Gasteiger partial charge in [-0.15, -0.1) is 0 Å². The van der Waals surface area contributed by atoms with Gasteiger partial charge in [0.25, 0.3) is 0 Å². The zero-order valence-electron chi connectivity index (χ0n) is 11.2. The molecule has 0 amide bonds. The summed E-state index contributed by atoms with van der Waals surface area (Å²) in [7, 11) is 0. The molecule has 0 spiro atoms. The Hall–Kier alpha value is -2.51. The van der Waals surface area contributed by atoms with E-state index in [9.17, 15) is 13.2 Å². The van der Waals surface area contributed by atoms with Gasteiger partial charge in [0.1, 0.15) is 17.8 Å². The molecule has 2 rings (SSSR count). The highest BCUT2D eigenvalue weighted by Gasteiger charge is 2.15. The van der Waals surface area contributed by atoms with Crippen LogP contribution in [0, 0.1) is 17.5 Å². The van der Waals surface area contributed by atoms with Crippen LogP contribution < -0.4 is 15.8 Å². The number of rotatable bonds is 5. The van der Waals surface area contributed by atoms with Crippen LogP contribution >= 0.6 is 0 Å². The van der Waals surface area contributed by atoms with Gasteiger partial charge in [-0.1, -0.05) is 6.92 Å². The molecule has 3 N–H and O–H groups in total. The third-order valence-corrected chi connectivity index (χ3v) is 2.54. The number of hydrogen-bond donors (Lipinski definition) is 2. The molecule has 1 aromatic carbocycles. The van der Waals surface area contributed by atoms with Crippen LogP contribution in [0.1, 0.15) is 13.3 Å². The SMILES string of the molecule is CCCOc1ncnc(Nc2cc(F)cc(F)c2F)c1N. The third-order valence-electron chi connectivity index (χ3n) is 2.54. The van der Waals surface area contributed by atoms with Crippen molar-refractivity contribution in [3.8, 4) is 5.88 Å². The standard InChI is InChI=1S/C13H13F3N4O/c1-2-3-21-13-11(17)12(18-6-19-13)20-9-5-7(14)4-8(15)10(9)16/h4-6H,2-3,17H2,1H3,(H,18,19,20). The molecule has 112 valence electrons. The first-order chi connectivity index (χ1) is 10.0. The molecule has 0 bridgehead atoms. The fourth-order valence-corrected chi connectivity index (χ4v) is 1.57. The fraction of sp³-hybridized carbons (Fsp3) is 0.231. The summed E-state index contributed by atoms with van der Waals surface area (Å²) in [5.41, 5.74) is 5.38. The smallest absolute Gasteiger partial charge is 0.242 e. The van der Waals surface area contributed by atoms with Crippen LogP contribution in [0.25, 0.3) is 0 Å². The lowest BCUT2D eigenvalue weighted by atomic mass is 10.2. The van der Waals surface area contributed by atoms with Crippen molar-refractivity contribution >= 4 is 17.2 Å². The maximum atomic E-state index is 13.6. The van der Waals surface area contributed by atoms with Gasteiger partial charge in [0.15, 0.2) is 17.5 Å². The molecule has 0 atom stereocenters. The zero-order valence-corrected chi connectivity index (χ0v) is 11.2. The first-order valence-corrected chi connectivity index (χ1v) is 6.17. The number of ether oxygens (including phenoxy) is 1. The molecule has 0 saturated heterocycles. The largest absolute Gasteiger partial charge is 0.476 e. The summed E-state index contributed by atoms with van der Waals surface area (Å²) in [6.07, 6.45) is 1.90. The first kappa shape index (κ1) is 14.9. The number of nitrogens with two attached hydrogens (primary N) is 1. The number of nitrogens with one attached hydrogen (secondary N) is 1. The van der Waals surface area contributed by atoms with E-state index in [1.54, 1.807) is 0 Å². The van der Waals surface area contributed by atoms with Gasteiger partial charge in [0.2, 0.25) is 5.88 Å². The summed E-state index contributed by atoms with van der Waals surface area (Å²) in [5, 5.41) is 2.43. The number of aromatic nitrogens is 2. The quantitative estimate of drug-likeness (QED) is 0.830.